The van der Waals surface area contributed by atoms with Crippen LogP contribution < -0.4 is 5.32 Å². The molecule has 1 aliphatic carbocycles. The summed E-state index contributed by atoms with van der Waals surface area (Å²) >= 11 is 0. The van der Waals surface area contributed by atoms with Crippen molar-refractivity contribution in [3.05, 3.63) is 89.9 Å². The third-order valence-electron chi connectivity index (χ3n) is 7.38. The molecule has 0 saturated heterocycles. The summed E-state index contributed by atoms with van der Waals surface area (Å²) < 4.78 is 11.2. The number of rotatable bonds is 7. The standard InChI is InChI=1S/C30H26N4O5/c1-17-25(33-29(37)38-18(2)23-4-3-5-24-26(23)32-16-31-24)27(39-34-17)21-8-6-19(7-9-21)20-10-12-22(13-11-20)30(14-15-30)28(35)36/h3-13,16,18H,14-15H2,1-2H3,(H,31,32)(H,33,37)(H,35,36)/t18-/m1/s1. The van der Waals surface area contributed by atoms with E-state index in [9.17, 15) is 14.7 Å². The number of aromatic nitrogens is 3. The number of hydrogen-bond donors (Lipinski definition) is 3. The highest BCUT2D eigenvalue weighted by atomic mass is 16.6. The third-order valence-corrected chi connectivity index (χ3v) is 7.38. The number of carbonyl (C=O) groups excluding carboxylic acids is 1. The van der Waals surface area contributed by atoms with Gasteiger partial charge in [0.15, 0.2) is 5.76 Å². The zero-order chi connectivity index (χ0) is 27.1. The van der Waals surface area contributed by atoms with Crippen molar-refractivity contribution in [3.63, 3.8) is 0 Å². The van der Waals surface area contributed by atoms with Gasteiger partial charge in [-0.1, -0.05) is 65.8 Å². The van der Waals surface area contributed by atoms with Crippen LogP contribution in [0.3, 0.4) is 0 Å². The Balaban J connectivity index is 1.17. The van der Waals surface area contributed by atoms with Crippen LogP contribution >= 0.6 is 0 Å². The fraction of sp³-hybridized carbons (Fsp3) is 0.200. The smallest absolute Gasteiger partial charge is 0.412 e. The first-order valence-electron chi connectivity index (χ1n) is 12.7. The molecule has 1 atom stereocenters. The summed E-state index contributed by atoms with van der Waals surface area (Å²) in [7, 11) is 0. The van der Waals surface area contributed by atoms with Gasteiger partial charge in [-0.05, 0) is 49.4 Å². The molecule has 2 aromatic heterocycles. The number of benzene rings is 3. The van der Waals surface area contributed by atoms with E-state index < -0.39 is 23.6 Å². The fourth-order valence-electron chi connectivity index (χ4n) is 4.94. The van der Waals surface area contributed by atoms with Crippen LogP contribution in [0.1, 0.15) is 42.7 Å². The Morgan fingerprint density at radius 3 is 2.36 bits per heavy atom. The lowest BCUT2D eigenvalue weighted by Crippen LogP contribution is -2.19. The van der Waals surface area contributed by atoms with Crippen LogP contribution in [0.15, 0.2) is 77.6 Å². The number of nitrogens with zero attached hydrogens (tertiary/aromatic N) is 2. The van der Waals surface area contributed by atoms with E-state index in [4.69, 9.17) is 9.26 Å². The fourth-order valence-corrected chi connectivity index (χ4v) is 4.94. The molecule has 3 N–H and O–H groups in total. The number of amides is 1. The SMILES string of the molecule is Cc1noc(-c2ccc(-c3ccc(C4(C(=O)O)CC4)cc3)cc2)c1NC(=O)O[C@H](C)c1cccc2nc[nH]c12. The Morgan fingerprint density at radius 1 is 1.03 bits per heavy atom. The number of carboxylic acids is 1. The van der Waals surface area contributed by atoms with Crippen molar-refractivity contribution >= 4 is 28.8 Å². The molecule has 1 fully saturated rings. The van der Waals surface area contributed by atoms with E-state index in [1.165, 1.54) is 0 Å². The first kappa shape index (κ1) is 24.4. The van der Waals surface area contributed by atoms with Crippen molar-refractivity contribution in [2.45, 2.75) is 38.2 Å². The van der Waals surface area contributed by atoms with E-state index in [-0.39, 0.29) is 0 Å². The molecule has 3 aromatic carbocycles. The summed E-state index contributed by atoms with van der Waals surface area (Å²) in [6, 6.07) is 21.0. The van der Waals surface area contributed by atoms with Crippen LogP contribution in [0, 0.1) is 6.92 Å². The van der Waals surface area contributed by atoms with Gasteiger partial charge in [-0.2, -0.15) is 0 Å². The topological polar surface area (TPSA) is 130 Å². The minimum atomic E-state index is -0.764. The number of aliphatic carboxylic acids is 1. The van der Waals surface area contributed by atoms with Crippen LogP contribution in [0.5, 0.6) is 0 Å². The first-order chi connectivity index (χ1) is 18.9. The molecule has 0 radical (unpaired) electrons. The minimum absolute atomic E-state index is 0.423. The Morgan fingerprint density at radius 2 is 1.69 bits per heavy atom. The number of ether oxygens (including phenoxy) is 1. The highest BCUT2D eigenvalue weighted by molar-refractivity contribution is 5.91. The second-order valence-corrected chi connectivity index (χ2v) is 9.83. The van der Waals surface area contributed by atoms with Gasteiger partial charge in [0.1, 0.15) is 17.5 Å². The van der Waals surface area contributed by atoms with Gasteiger partial charge in [-0.3, -0.25) is 10.1 Å². The molecular weight excluding hydrogens is 496 g/mol. The summed E-state index contributed by atoms with van der Waals surface area (Å²) in [6.45, 7) is 3.55. The molecule has 196 valence electrons. The van der Waals surface area contributed by atoms with Crippen LogP contribution in [0.4, 0.5) is 10.5 Å². The number of carboxylic acid groups (broad SMARTS) is 1. The van der Waals surface area contributed by atoms with Gasteiger partial charge in [0, 0.05) is 11.1 Å². The average molecular weight is 523 g/mol. The summed E-state index contributed by atoms with van der Waals surface area (Å²) in [5.41, 5.74) is 6.21. The van der Waals surface area contributed by atoms with E-state index in [1.54, 1.807) is 20.2 Å². The van der Waals surface area contributed by atoms with E-state index >= 15 is 0 Å². The number of hydrogen-bond acceptors (Lipinski definition) is 6. The molecule has 9 heteroatoms. The predicted octanol–water partition coefficient (Wildman–Crippen LogP) is 6.62. The van der Waals surface area contributed by atoms with E-state index in [0.717, 1.165) is 38.9 Å². The number of nitrogens with one attached hydrogen (secondary N) is 2. The maximum atomic E-state index is 12.8. The second-order valence-electron chi connectivity index (χ2n) is 9.83. The lowest BCUT2D eigenvalue weighted by Gasteiger charge is -2.15. The Bertz CT molecular complexity index is 1680. The molecule has 1 saturated carbocycles. The molecule has 1 amide bonds. The monoisotopic (exact) mass is 522 g/mol. The van der Waals surface area contributed by atoms with Crippen molar-refractivity contribution in [1.82, 2.24) is 15.1 Å². The van der Waals surface area contributed by atoms with Crippen molar-refractivity contribution in [3.8, 4) is 22.5 Å². The van der Waals surface area contributed by atoms with Gasteiger partial charge >= 0.3 is 12.1 Å². The number of anilines is 1. The first-order valence-corrected chi connectivity index (χ1v) is 12.7. The van der Waals surface area contributed by atoms with E-state index in [0.29, 0.717) is 30.0 Å². The number of carbonyl (C=O) groups is 2. The number of H-pyrrole nitrogens is 1. The van der Waals surface area contributed by atoms with Gasteiger partial charge in [-0.25, -0.2) is 9.78 Å². The molecule has 0 unspecified atom stereocenters. The molecule has 39 heavy (non-hydrogen) atoms. The number of imidazole rings is 1. The highest BCUT2D eigenvalue weighted by Crippen LogP contribution is 2.48. The second kappa shape index (κ2) is 9.43. The van der Waals surface area contributed by atoms with Gasteiger partial charge in [-0.15, -0.1) is 0 Å². The van der Waals surface area contributed by atoms with Gasteiger partial charge < -0.3 is 19.4 Å². The number of aromatic amines is 1. The van der Waals surface area contributed by atoms with Gasteiger partial charge in [0.2, 0.25) is 0 Å². The Kier molecular flexibility index (Phi) is 5.91. The average Bonchev–Trinajstić information content (AvgIpc) is 3.49. The van der Waals surface area contributed by atoms with Crippen LogP contribution in [-0.4, -0.2) is 32.3 Å². The van der Waals surface area contributed by atoms with Crippen LogP contribution in [-0.2, 0) is 14.9 Å². The largest absolute Gasteiger partial charge is 0.481 e. The number of aryl methyl sites for hydroxylation is 1. The van der Waals surface area contributed by atoms with Crippen molar-refractivity contribution in [2.24, 2.45) is 0 Å². The lowest BCUT2D eigenvalue weighted by molar-refractivity contribution is -0.140. The summed E-state index contributed by atoms with van der Waals surface area (Å²) in [4.78, 5) is 31.8. The maximum absolute atomic E-state index is 12.8. The van der Waals surface area contributed by atoms with Crippen molar-refractivity contribution in [1.29, 1.82) is 0 Å². The third kappa shape index (κ3) is 4.41. The molecule has 1 aliphatic rings. The number of para-hydroxylation sites is 1. The molecule has 0 spiro atoms. The quantitative estimate of drug-likeness (QED) is 0.219. The molecule has 9 nitrogen and oxygen atoms in total. The molecule has 5 aromatic rings. The Hall–Kier alpha value is -4.92. The summed E-state index contributed by atoms with van der Waals surface area (Å²) in [5, 5.41) is 16.4. The molecule has 2 heterocycles. The van der Waals surface area contributed by atoms with Gasteiger partial charge in [0.25, 0.3) is 0 Å². The molecule has 6 rings (SSSR count). The van der Waals surface area contributed by atoms with Gasteiger partial charge in [0.05, 0.1) is 22.8 Å². The number of fused-ring (bicyclic) bond motifs is 1. The molecular formula is C30H26N4O5. The lowest BCUT2D eigenvalue weighted by atomic mass is 9.93. The van der Waals surface area contributed by atoms with E-state index in [1.807, 2.05) is 66.7 Å². The highest BCUT2D eigenvalue weighted by Gasteiger charge is 2.51. The van der Waals surface area contributed by atoms with Crippen molar-refractivity contribution < 1.29 is 24.0 Å². The molecule has 0 bridgehead atoms. The zero-order valence-corrected chi connectivity index (χ0v) is 21.4. The summed E-state index contributed by atoms with van der Waals surface area (Å²) in [6.07, 6.45) is 1.81. The maximum Gasteiger partial charge on any atom is 0.412 e. The Labute approximate surface area is 223 Å². The summed E-state index contributed by atoms with van der Waals surface area (Å²) in [5.74, 6) is -0.341. The van der Waals surface area contributed by atoms with Crippen LogP contribution in [0.2, 0.25) is 0 Å². The van der Waals surface area contributed by atoms with Crippen LogP contribution in [0.25, 0.3) is 33.5 Å². The normalized spacial score (nSPS) is 14.6. The zero-order valence-electron chi connectivity index (χ0n) is 21.4. The minimum Gasteiger partial charge on any atom is -0.481 e. The van der Waals surface area contributed by atoms with E-state index in [2.05, 4.69) is 20.4 Å². The predicted molar refractivity (Wildman–Crippen MR) is 145 cm³/mol. The van der Waals surface area contributed by atoms with Crippen molar-refractivity contribution in [2.75, 3.05) is 5.32 Å². The molecule has 0 aliphatic heterocycles.